The zero-order valence-corrected chi connectivity index (χ0v) is 17.3. The van der Waals surface area contributed by atoms with Crippen LogP contribution in [0.1, 0.15) is 46.8 Å². The topological polar surface area (TPSA) is 72.6 Å². The van der Waals surface area contributed by atoms with Crippen LogP contribution in [0.4, 0.5) is 0 Å². The highest BCUT2D eigenvalue weighted by atomic mass is 16.5. The molecule has 4 rings (SSSR count). The highest BCUT2D eigenvalue weighted by molar-refractivity contribution is 5.91. The van der Waals surface area contributed by atoms with E-state index < -0.39 is 0 Å². The van der Waals surface area contributed by atoms with E-state index in [2.05, 4.69) is 27.2 Å². The number of amides is 1. The largest absolute Gasteiger partial charge is 0.497 e. The van der Waals surface area contributed by atoms with E-state index in [1.54, 1.807) is 11.6 Å². The summed E-state index contributed by atoms with van der Waals surface area (Å²) in [4.78, 5) is 23.5. The van der Waals surface area contributed by atoms with E-state index in [-0.39, 0.29) is 11.7 Å². The Kier molecular flexibility index (Phi) is 5.47. The number of carbonyl (C=O) groups excluding carboxylic acids is 1. The number of aromatic nitrogens is 4. The van der Waals surface area contributed by atoms with Gasteiger partial charge in [-0.15, -0.1) is 5.10 Å². The Hall–Kier alpha value is -2.96. The first-order valence-electron chi connectivity index (χ1n) is 10.2. The van der Waals surface area contributed by atoms with Crippen LogP contribution in [-0.2, 0) is 6.42 Å². The number of methoxy groups -OCH3 is 1. The van der Waals surface area contributed by atoms with Crippen LogP contribution in [0, 0.1) is 19.8 Å². The van der Waals surface area contributed by atoms with Gasteiger partial charge in [-0.25, -0.2) is 9.50 Å². The van der Waals surface area contributed by atoms with Crippen LogP contribution in [0.15, 0.2) is 30.3 Å². The summed E-state index contributed by atoms with van der Waals surface area (Å²) in [5.74, 6) is 2.16. The quantitative estimate of drug-likeness (QED) is 0.665. The van der Waals surface area contributed by atoms with Crippen LogP contribution in [0.2, 0.25) is 0 Å². The van der Waals surface area contributed by atoms with Gasteiger partial charge in [0, 0.05) is 24.5 Å². The van der Waals surface area contributed by atoms with Gasteiger partial charge in [-0.3, -0.25) is 4.79 Å². The maximum atomic E-state index is 12.9. The smallest absolute Gasteiger partial charge is 0.293 e. The summed E-state index contributed by atoms with van der Waals surface area (Å²) >= 11 is 0. The third-order valence-electron chi connectivity index (χ3n) is 5.71. The molecule has 29 heavy (non-hydrogen) atoms. The zero-order valence-electron chi connectivity index (χ0n) is 17.3. The molecule has 0 radical (unpaired) electrons. The average Bonchev–Trinajstić information content (AvgIpc) is 3.17. The maximum absolute atomic E-state index is 12.9. The number of fused-ring (bicyclic) bond motifs is 1. The fourth-order valence-corrected chi connectivity index (χ4v) is 3.99. The first kappa shape index (κ1) is 19.4. The lowest BCUT2D eigenvalue weighted by Gasteiger charge is -2.31. The number of likely N-dealkylation sites (tertiary alicyclic amines) is 1. The molecule has 2 aromatic heterocycles. The van der Waals surface area contributed by atoms with Crippen LogP contribution in [0.5, 0.6) is 5.75 Å². The van der Waals surface area contributed by atoms with Gasteiger partial charge in [0.1, 0.15) is 5.75 Å². The molecule has 7 nitrogen and oxygen atoms in total. The molecule has 1 fully saturated rings. The Labute approximate surface area is 170 Å². The third kappa shape index (κ3) is 4.23. The number of hydrogen-bond donors (Lipinski definition) is 0. The summed E-state index contributed by atoms with van der Waals surface area (Å²) in [5, 5.41) is 4.38. The SMILES string of the molecule is COc1ccc(CCC2CCN(C(=O)c3nc4nc(C)cc(C)n4n3)CC2)cc1. The number of ether oxygens (including phenoxy) is 1. The minimum Gasteiger partial charge on any atom is -0.497 e. The van der Waals surface area contributed by atoms with E-state index in [0.29, 0.717) is 11.7 Å². The lowest BCUT2D eigenvalue weighted by atomic mass is 9.90. The molecule has 0 atom stereocenters. The van der Waals surface area contributed by atoms with Crippen LogP contribution in [-0.4, -0.2) is 50.6 Å². The van der Waals surface area contributed by atoms with Crippen molar-refractivity contribution in [2.45, 2.75) is 39.5 Å². The molecule has 7 heteroatoms. The normalized spacial score (nSPS) is 15.1. The third-order valence-corrected chi connectivity index (χ3v) is 5.71. The number of hydrogen-bond acceptors (Lipinski definition) is 5. The van der Waals surface area contributed by atoms with Crippen LogP contribution < -0.4 is 4.74 Å². The van der Waals surface area contributed by atoms with E-state index in [0.717, 1.165) is 55.9 Å². The van der Waals surface area contributed by atoms with Crippen molar-refractivity contribution < 1.29 is 9.53 Å². The second-order valence-electron chi connectivity index (χ2n) is 7.81. The molecule has 3 aromatic rings. The van der Waals surface area contributed by atoms with Gasteiger partial charge in [-0.05, 0) is 69.2 Å². The zero-order chi connectivity index (χ0) is 20.4. The van der Waals surface area contributed by atoms with Crippen molar-refractivity contribution in [2.75, 3.05) is 20.2 Å². The number of benzene rings is 1. The lowest BCUT2D eigenvalue weighted by Crippen LogP contribution is -2.39. The Morgan fingerprint density at radius 2 is 1.86 bits per heavy atom. The summed E-state index contributed by atoms with van der Waals surface area (Å²) < 4.78 is 6.85. The highest BCUT2D eigenvalue weighted by Gasteiger charge is 2.26. The molecule has 0 bridgehead atoms. The van der Waals surface area contributed by atoms with Gasteiger partial charge in [0.25, 0.3) is 11.7 Å². The molecule has 0 spiro atoms. The molecule has 0 unspecified atom stereocenters. The Balaban J connectivity index is 1.33. The first-order chi connectivity index (χ1) is 14.0. The number of carbonyl (C=O) groups is 1. The lowest BCUT2D eigenvalue weighted by molar-refractivity contribution is 0.0675. The van der Waals surface area contributed by atoms with E-state index in [1.165, 1.54) is 5.56 Å². The molecule has 3 heterocycles. The molecule has 1 aliphatic rings. The fourth-order valence-electron chi connectivity index (χ4n) is 3.99. The van der Waals surface area contributed by atoms with Gasteiger partial charge < -0.3 is 9.64 Å². The van der Waals surface area contributed by atoms with E-state index in [9.17, 15) is 4.79 Å². The van der Waals surface area contributed by atoms with Crippen molar-refractivity contribution >= 4 is 11.7 Å². The number of piperidine rings is 1. The maximum Gasteiger partial charge on any atom is 0.293 e. The highest BCUT2D eigenvalue weighted by Crippen LogP contribution is 2.24. The predicted molar refractivity (Wildman–Crippen MR) is 110 cm³/mol. The monoisotopic (exact) mass is 393 g/mol. The second kappa shape index (κ2) is 8.19. The van der Waals surface area contributed by atoms with Crippen molar-refractivity contribution in [1.82, 2.24) is 24.5 Å². The number of aryl methyl sites for hydroxylation is 3. The molecule has 1 aliphatic heterocycles. The molecular weight excluding hydrogens is 366 g/mol. The van der Waals surface area contributed by atoms with Gasteiger partial charge in [0.05, 0.1) is 7.11 Å². The second-order valence-corrected chi connectivity index (χ2v) is 7.81. The van der Waals surface area contributed by atoms with Gasteiger partial charge in [-0.2, -0.15) is 4.98 Å². The van der Waals surface area contributed by atoms with Crippen molar-refractivity contribution in [3.8, 4) is 5.75 Å². The summed E-state index contributed by atoms with van der Waals surface area (Å²) in [5.41, 5.74) is 3.13. The Bertz CT molecular complexity index is 1000. The van der Waals surface area contributed by atoms with Crippen molar-refractivity contribution in [3.63, 3.8) is 0 Å². The number of nitrogens with zero attached hydrogens (tertiary/aromatic N) is 5. The van der Waals surface area contributed by atoms with E-state index >= 15 is 0 Å². The van der Waals surface area contributed by atoms with Crippen LogP contribution in [0.25, 0.3) is 5.78 Å². The Morgan fingerprint density at radius 3 is 2.55 bits per heavy atom. The molecule has 0 aliphatic carbocycles. The van der Waals surface area contributed by atoms with Gasteiger partial charge in [-0.1, -0.05) is 12.1 Å². The molecule has 0 N–H and O–H groups in total. The molecule has 0 saturated carbocycles. The van der Waals surface area contributed by atoms with Crippen molar-refractivity contribution in [1.29, 1.82) is 0 Å². The van der Waals surface area contributed by atoms with Gasteiger partial charge in [0.2, 0.25) is 5.82 Å². The van der Waals surface area contributed by atoms with Crippen molar-refractivity contribution in [2.24, 2.45) is 5.92 Å². The average molecular weight is 393 g/mol. The summed E-state index contributed by atoms with van der Waals surface area (Å²) in [6.45, 7) is 5.37. The first-order valence-corrected chi connectivity index (χ1v) is 10.2. The molecular formula is C22H27N5O2. The molecule has 1 saturated heterocycles. The standard InChI is InChI=1S/C22H27N5O2/c1-15-14-16(2)27-22(23-15)24-20(25-27)21(28)26-12-10-18(11-13-26)5-4-17-6-8-19(29-3)9-7-17/h6-9,14,18H,4-5,10-13H2,1-3H3. The van der Waals surface area contributed by atoms with E-state index in [4.69, 9.17) is 4.74 Å². The minimum atomic E-state index is -0.0962. The van der Waals surface area contributed by atoms with Crippen molar-refractivity contribution in [3.05, 3.63) is 53.1 Å². The Morgan fingerprint density at radius 1 is 1.14 bits per heavy atom. The summed E-state index contributed by atoms with van der Waals surface area (Å²) in [7, 11) is 1.69. The van der Waals surface area contributed by atoms with E-state index in [1.807, 2.05) is 36.9 Å². The summed E-state index contributed by atoms with van der Waals surface area (Å²) in [6, 6.07) is 10.2. The minimum absolute atomic E-state index is 0.0962. The fraction of sp³-hybridized carbons (Fsp3) is 0.455. The summed E-state index contributed by atoms with van der Waals surface area (Å²) in [6.07, 6.45) is 4.24. The van der Waals surface area contributed by atoms with Gasteiger partial charge >= 0.3 is 0 Å². The predicted octanol–water partition coefficient (Wildman–Crippen LogP) is 3.23. The van der Waals surface area contributed by atoms with Gasteiger partial charge in [0.15, 0.2) is 0 Å². The molecule has 1 aromatic carbocycles. The molecule has 1 amide bonds. The van der Waals surface area contributed by atoms with Crippen LogP contribution >= 0.6 is 0 Å². The molecule has 152 valence electrons. The number of rotatable bonds is 5. The van der Waals surface area contributed by atoms with Crippen LogP contribution in [0.3, 0.4) is 0 Å².